The van der Waals surface area contributed by atoms with Crippen LogP contribution >= 0.6 is 0 Å². The fourth-order valence-electron chi connectivity index (χ4n) is 2.65. The van der Waals surface area contributed by atoms with E-state index in [1.807, 2.05) is 16.9 Å². The molecule has 2 unspecified atom stereocenters. The van der Waals surface area contributed by atoms with Crippen molar-refractivity contribution in [2.45, 2.75) is 13.5 Å². The van der Waals surface area contributed by atoms with Crippen LogP contribution in [0.25, 0.3) is 0 Å². The standard InChI is InChI=1S/C14H23N5O2/c1-11-9-18(10-12(11)13(20)21-3)14(15-2)16-6-8-19-7-4-5-17-19/h4-5,7,11-12H,6,8-10H2,1-3H3,(H,15,16). The van der Waals surface area contributed by atoms with Crippen molar-refractivity contribution in [3.8, 4) is 0 Å². The Balaban J connectivity index is 1.86. The summed E-state index contributed by atoms with van der Waals surface area (Å²) >= 11 is 0. The summed E-state index contributed by atoms with van der Waals surface area (Å²) < 4.78 is 6.72. The number of hydrogen-bond donors (Lipinski definition) is 1. The molecule has 7 nitrogen and oxygen atoms in total. The Bertz CT molecular complexity index is 486. The van der Waals surface area contributed by atoms with E-state index in [1.165, 1.54) is 7.11 Å². The van der Waals surface area contributed by atoms with E-state index in [1.54, 1.807) is 13.2 Å². The number of methoxy groups -OCH3 is 1. The predicted octanol–water partition coefficient (Wildman–Crippen LogP) is 0.199. The number of guanidine groups is 1. The molecule has 0 radical (unpaired) electrons. The molecular formula is C14H23N5O2. The molecule has 0 aliphatic carbocycles. The molecule has 1 saturated heterocycles. The lowest BCUT2D eigenvalue weighted by atomic mass is 9.99. The number of aliphatic imine (C=N–C) groups is 1. The number of ether oxygens (including phenoxy) is 1. The third-order valence-corrected chi connectivity index (χ3v) is 3.81. The van der Waals surface area contributed by atoms with Gasteiger partial charge in [-0.1, -0.05) is 6.92 Å². The summed E-state index contributed by atoms with van der Waals surface area (Å²) in [6.45, 7) is 5.03. The average Bonchev–Trinajstić information content (AvgIpc) is 3.12. The van der Waals surface area contributed by atoms with Crippen molar-refractivity contribution in [2.24, 2.45) is 16.8 Å². The first-order valence-electron chi connectivity index (χ1n) is 7.16. The SMILES string of the molecule is CN=C(NCCn1cccn1)N1CC(C)C(C(=O)OC)C1. The summed E-state index contributed by atoms with van der Waals surface area (Å²) in [6.07, 6.45) is 3.69. The topological polar surface area (TPSA) is 71.8 Å². The monoisotopic (exact) mass is 293 g/mol. The maximum atomic E-state index is 11.7. The number of aromatic nitrogens is 2. The molecule has 2 rings (SSSR count). The van der Waals surface area contributed by atoms with Crippen molar-refractivity contribution in [2.75, 3.05) is 33.8 Å². The van der Waals surface area contributed by atoms with Crippen molar-refractivity contribution in [1.29, 1.82) is 0 Å². The summed E-state index contributed by atoms with van der Waals surface area (Å²) in [7, 11) is 3.20. The third kappa shape index (κ3) is 3.74. The van der Waals surface area contributed by atoms with E-state index < -0.39 is 0 Å². The molecule has 1 fully saturated rings. The number of carbonyl (C=O) groups excluding carboxylic acids is 1. The molecule has 0 spiro atoms. The quantitative estimate of drug-likeness (QED) is 0.488. The lowest BCUT2D eigenvalue weighted by Crippen LogP contribution is -2.41. The highest BCUT2D eigenvalue weighted by Crippen LogP contribution is 2.23. The zero-order valence-corrected chi connectivity index (χ0v) is 12.8. The highest BCUT2D eigenvalue weighted by molar-refractivity contribution is 5.82. The van der Waals surface area contributed by atoms with Gasteiger partial charge in [0.25, 0.3) is 0 Å². The molecule has 21 heavy (non-hydrogen) atoms. The molecule has 0 saturated carbocycles. The van der Waals surface area contributed by atoms with Gasteiger partial charge in [0.1, 0.15) is 0 Å². The number of hydrogen-bond acceptors (Lipinski definition) is 4. The van der Waals surface area contributed by atoms with E-state index in [-0.39, 0.29) is 17.8 Å². The summed E-state index contributed by atoms with van der Waals surface area (Å²) in [6, 6.07) is 1.90. The number of carbonyl (C=O) groups is 1. The zero-order valence-electron chi connectivity index (χ0n) is 12.8. The van der Waals surface area contributed by atoms with E-state index in [4.69, 9.17) is 4.74 Å². The van der Waals surface area contributed by atoms with Gasteiger partial charge in [-0.2, -0.15) is 5.10 Å². The molecule has 2 heterocycles. The first kappa shape index (κ1) is 15.3. The fraction of sp³-hybridized carbons (Fsp3) is 0.643. The van der Waals surface area contributed by atoms with Gasteiger partial charge in [-0.05, 0) is 12.0 Å². The van der Waals surface area contributed by atoms with E-state index >= 15 is 0 Å². The van der Waals surface area contributed by atoms with Crippen LogP contribution in [0.4, 0.5) is 0 Å². The molecule has 0 amide bonds. The maximum Gasteiger partial charge on any atom is 0.310 e. The molecule has 116 valence electrons. The van der Waals surface area contributed by atoms with Crippen molar-refractivity contribution in [3.63, 3.8) is 0 Å². The van der Waals surface area contributed by atoms with Crippen LogP contribution < -0.4 is 5.32 Å². The smallest absolute Gasteiger partial charge is 0.310 e. The van der Waals surface area contributed by atoms with Gasteiger partial charge in [0, 0.05) is 39.1 Å². The van der Waals surface area contributed by atoms with Crippen LogP contribution in [-0.2, 0) is 16.1 Å². The summed E-state index contributed by atoms with van der Waals surface area (Å²) in [5, 5.41) is 7.47. The normalized spacial score (nSPS) is 22.4. The molecule has 1 aliphatic heterocycles. The minimum Gasteiger partial charge on any atom is -0.469 e. The van der Waals surface area contributed by atoms with Crippen molar-refractivity contribution in [1.82, 2.24) is 20.0 Å². The largest absolute Gasteiger partial charge is 0.469 e. The summed E-state index contributed by atoms with van der Waals surface area (Å²) in [5.41, 5.74) is 0. The van der Waals surface area contributed by atoms with Crippen LogP contribution in [0.1, 0.15) is 6.92 Å². The van der Waals surface area contributed by atoms with Gasteiger partial charge < -0.3 is 15.0 Å². The first-order valence-corrected chi connectivity index (χ1v) is 7.16. The Labute approximate surface area is 125 Å². The van der Waals surface area contributed by atoms with Crippen molar-refractivity contribution >= 4 is 11.9 Å². The second-order valence-corrected chi connectivity index (χ2v) is 5.26. The predicted molar refractivity (Wildman–Crippen MR) is 79.8 cm³/mol. The fourth-order valence-corrected chi connectivity index (χ4v) is 2.65. The number of nitrogens with zero attached hydrogens (tertiary/aromatic N) is 4. The highest BCUT2D eigenvalue weighted by Gasteiger charge is 2.36. The molecule has 1 N–H and O–H groups in total. The van der Waals surface area contributed by atoms with E-state index in [2.05, 4.69) is 27.2 Å². The van der Waals surface area contributed by atoms with E-state index in [0.29, 0.717) is 6.54 Å². The Kier molecular flexibility index (Phi) is 5.19. The van der Waals surface area contributed by atoms with Crippen LogP contribution in [-0.4, -0.2) is 60.4 Å². The van der Waals surface area contributed by atoms with Crippen LogP contribution in [0, 0.1) is 11.8 Å². The van der Waals surface area contributed by atoms with E-state index in [9.17, 15) is 4.79 Å². The molecule has 1 aromatic heterocycles. The Hall–Kier alpha value is -2.05. The summed E-state index contributed by atoms with van der Waals surface area (Å²) in [4.78, 5) is 18.1. The van der Waals surface area contributed by atoms with Crippen LogP contribution in [0.2, 0.25) is 0 Å². The molecule has 1 aromatic rings. The van der Waals surface area contributed by atoms with Crippen LogP contribution in [0.15, 0.2) is 23.5 Å². The second-order valence-electron chi connectivity index (χ2n) is 5.26. The van der Waals surface area contributed by atoms with E-state index in [0.717, 1.165) is 25.6 Å². The number of nitrogens with one attached hydrogen (secondary N) is 1. The van der Waals surface area contributed by atoms with Gasteiger partial charge in [0.2, 0.25) is 0 Å². The van der Waals surface area contributed by atoms with Gasteiger partial charge in [-0.25, -0.2) is 0 Å². The van der Waals surface area contributed by atoms with Gasteiger partial charge in [-0.15, -0.1) is 0 Å². The Morgan fingerprint density at radius 2 is 2.33 bits per heavy atom. The average molecular weight is 293 g/mol. The third-order valence-electron chi connectivity index (χ3n) is 3.81. The van der Waals surface area contributed by atoms with Crippen LogP contribution in [0.5, 0.6) is 0 Å². The molecule has 1 aliphatic rings. The minimum absolute atomic E-state index is 0.0836. The van der Waals surface area contributed by atoms with Gasteiger partial charge >= 0.3 is 5.97 Å². The lowest BCUT2D eigenvalue weighted by molar-refractivity contribution is -0.145. The maximum absolute atomic E-state index is 11.7. The zero-order chi connectivity index (χ0) is 15.2. The highest BCUT2D eigenvalue weighted by atomic mass is 16.5. The molecule has 0 bridgehead atoms. The lowest BCUT2D eigenvalue weighted by Gasteiger charge is -2.21. The van der Waals surface area contributed by atoms with Crippen molar-refractivity contribution in [3.05, 3.63) is 18.5 Å². The number of esters is 1. The molecule has 2 atom stereocenters. The van der Waals surface area contributed by atoms with Gasteiger partial charge in [-0.3, -0.25) is 14.5 Å². The Morgan fingerprint density at radius 3 is 2.95 bits per heavy atom. The molecule has 0 aromatic carbocycles. The molecule has 7 heteroatoms. The van der Waals surface area contributed by atoms with Gasteiger partial charge in [0.15, 0.2) is 5.96 Å². The van der Waals surface area contributed by atoms with Crippen molar-refractivity contribution < 1.29 is 9.53 Å². The van der Waals surface area contributed by atoms with Crippen LogP contribution in [0.3, 0.4) is 0 Å². The Morgan fingerprint density at radius 1 is 1.52 bits per heavy atom. The number of rotatable bonds is 4. The second kappa shape index (κ2) is 7.10. The first-order chi connectivity index (χ1) is 10.2. The minimum atomic E-state index is -0.142. The molecular weight excluding hydrogens is 270 g/mol. The number of likely N-dealkylation sites (tertiary alicyclic amines) is 1. The van der Waals surface area contributed by atoms with Gasteiger partial charge in [0.05, 0.1) is 19.6 Å². The summed E-state index contributed by atoms with van der Waals surface area (Å²) in [5.74, 6) is 0.860.